The van der Waals surface area contributed by atoms with Crippen LogP contribution in [0.5, 0.6) is 0 Å². The molecule has 0 unspecified atom stereocenters. The highest BCUT2D eigenvalue weighted by Gasteiger charge is 2.21. The number of piperidine rings is 1. The van der Waals surface area contributed by atoms with Gasteiger partial charge in [-0.1, -0.05) is 13.8 Å². The zero-order chi connectivity index (χ0) is 13.8. The van der Waals surface area contributed by atoms with Crippen LogP contribution in [0.1, 0.15) is 44.1 Å². The average molecular weight is 264 g/mol. The Hall–Kier alpha value is -1.20. The van der Waals surface area contributed by atoms with Crippen LogP contribution < -0.4 is 10.6 Å². The van der Waals surface area contributed by atoms with E-state index in [1.807, 2.05) is 6.20 Å². The third-order valence-electron chi connectivity index (χ3n) is 3.69. The Morgan fingerprint density at radius 1 is 1.42 bits per heavy atom. The molecule has 1 fully saturated rings. The van der Waals surface area contributed by atoms with Crippen LogP contribution in [0.25, 0.3) is 0 Å². The highest BCUT2D eigenvalue weighted by Crippen LogP contribution is 2.24. The first-order valence-electron chi connectivity index (χ1n) is 6.99. The highest BCUT2D eigenvalue weighted by molar-refractivity contribution is 5.49. The van der Waals surface area contributed by atoms with Crippen molar-refractivity contribution in [2.24, 2.45) is 5.73 Å². The largest absolute Gasteiger partial charge is 0.381 e. The zero-order valence-corrected chi connectivity index (χ0v) is 12.1. The molecule has 0 atom stereocenters. The molecule has 0 aliphatic carbocycles. The van der Waals surface area contributed by atoms with E-state index in [0.29, 0.717) is 18.6 Å². The molecule has 1 saturated heterocycles. The summed E-state index contributed by atoms with van der Waals surface area (Å²) in [6.45, 7) is 6.62. The molecule has 5 heteroatoms. The Morgan fingerprint density at radius 2 is 2.11 bits per heavy atom. The van der Waals surface area contributed by atoms with Crippen molar-refractivity contribution < 1.29 is 4.74 Å². The Morgan fingerprint density at radius 3 is 2.63 bits per heavy atom. The van der Waals surface area contributed by atoms with E-state index in [4.69, 9.17) is 10.5 Å². The van der Waals surface area contributed by atoms with Gasteiger partial charge in [-0.05, 0) is 12.8 Å². The van der Waals surface area contributed by atoms with Gasteiger partial charge in [-0.2, -0.15) is 0 Å². The van der Waals surface area contributed by atoms with E-state index in [2.05, 4.69) is 28.7 Å². The third kappa shape index (κ3) is 3.22. The predicted molar refractivity (Wildman–Crippen MR) is 76.3 cm³/mol. The second-order valence-electron chi connectivity index (χ2n) is 5.34. The van der Waals surface area contributed by atoms with Crippen LogP contribution in [0, 0.1) is 0 Å². The molecule has 106 valence electrons. The summed E-state index contributed by atoms with van der Waals surface area (Å²) in [5.41, 5.74) is 7.88. The number of hydrogen-bond donors (Lipinski definition) is 1. The van der Waals surface area contributed by atoms with Crippen molar-refractivity contribution in [1.29, 1.82) is 0 Å². The number of nitrogens with two attached hydrogens (primary N) is 1. The van der Waals surface area contributed by atoms with E-state index in [9.17, 15) is 0 Å². The maximum absolute atomic E-state index is 5.84. The lowest BCUT2D eigenvalue weighted by Gasteiger charge is -2.33. The molecule has 1 aromatic rings. The lowest BCUT2D eigenvalue weighted by atomic mass is 10.1. The minimum absolute atomic E-state index is 0.332. The molecule has 0 saturated carbocycles. The minimum Gasteiger partial charge on any atom is -0.381 e. The average Bonchev–Trinajstić information content (AvgIpc) is 2.46. The quantitative estimate of drug-likeness (QED) is 0.896. The minimum atomic E-state index is 0.332. The van der Waals surface area contributed by atoms with Crippen molar-refractivity contribution in [3.8, 4) is 0 Å². The highest BCUT2D eigenvalue weighted by atomic mass is 16.5. The summed E-state index contributed by atoms with van der Waals surface area (Å²) in [6.07, 6.45) is 4.41. The third-order valence-corrected chi connectivity index (χ3v) is 3.69. The fourth-order valence-corrected chi connectivity index (χ4v) is 2.45. The van der Waals surface area contributed by atoms with Gasteiger partial charge in [0.1, 0.15) is 5.82 Å². The summed E-state index contributed by atoms with van der Waals surface area (Å²) in [6, 6.07) is 0. The molecular weight excluding hydrogens is 240 g/mol. The SMILES string of the molecule is COC1CCN(c2cnc(C(C)C)nc2CN)CC1. The lowest BCUT2D eigenvalue weighted by Crippen LogP contribution is -2.37. The van der Waals surface area contributed by atoms with E-state index in [0.717, 1.165) is 43.1 Å². The fraction of sp³-hybridized carbons (Fsp3) is 0.714. The van der Waals surface area contributed by atoms with E-state index in [1.54, 1.807) is 7.11 Å². The molecule has 2 N–H and O–H groups in total. The van der Waals surface area contributed by atoms with E-state index >= 15 is 0 Å². The molecule has 0 aromatic carbocycles. The van der Waals surface area contributed by atoms with Crippen molar-refractivity contribution in [2.75, 3.05) is 25.1 Å². The summed E-state index contributed by atoms with van der Waals surface area (Å²) in [5, 5.41) is 0. The van der Waals surface area contributed by atoms with Gasteiger partial charge in [-0.15, -0.1) is 0 Å². The Kier molecular flexibility index (Phi) is 4.71. The second kappa shape index (κ2) is 6.30. The molecule has 1 aromatic heterocycles. The van der Waals surface area contributed by atoms with Crippen molar-refractivity contribution in [3.63, 3.8) is 0 Å². The Labute approximate surface area is 115 Å². The van der Waals surface area contributed by atoms with Crippen LogP contribution in [0.2, 0.25) is 0 Å². The molecule has 0 amide bonds. The predicted octanol–water partition coefficient (Wildman–Crippen LogP) is 1.67. The molecule has 0 spiro atoms. The van der Waals surface area contributed by atoms with Crippen LogP contribution >= 0.6 is 0 Å². The summed E-state index contributed by atoms with van der Waals surface area (Å²) in [7, 11) is 1.78. The number of aromatic nitrogens is 2. The molecule has 0 bridgehead atoms. The molecule has 5 nitrogen and oxygen atoms in total. The van der Waals surface area contributed by atoms with Crippen molar-refractivity contribution in [1.82, 2.24) is 9.97 Å². The van der Waals surface area contributed by atoms with Gasteiger partial charge >= 0.3 is 0 Å². The number of anilines is 1. The topological polar surface area (TPSA) is 64.3 Å². The van der Waals surface area contributed by atoms with Gasteiger partial charge in [0.15, 0.2) is 0 Å². The molecule has 2 heterocycles. The van der Waals surface area contributed by atoms with Crippen LogP contribution in [0.3, 0.4) is 0 Å². The smallest absolute Gasteiger partial charge is 0.131 e. The summed E-state index contributed by atoms with van der Waals surface area (Å²) in [5.74, 6) is 1.20. The van der Waals surface area contributed by atoms with Gasteiger partial charge in [0, 0.05) is 32.7 Å². The van der Waals surface area contributed by atoms with Crippen molar-refractivity contribution >= 4 is 5.69 Å². The molecule has 1 aliphatic rings. The first kappa shape index (κ1) is 14.2. The molecule has 0 radical (unpaired) electrons. The normalized spacial score (nSPS) is 17.2. The Bertz CT molecular complexity index is 414. The van der Waals surface area contributed by atoms with E-state index < -0.39 is 0 Å². The first-order chi connectivity index (χ1) is 9.15. The first-order valence-corrected chi connectivity index (χ1v) is 6.99. The molecule has 2 rings (SSSR count). The fourth-order valence-electron chi connectivity index (χ4n) is 2.45. The second-order valence-corrected chi connectivity index (χ2v) is 5.34. The summed E-state index contributed by atoms with van der Waals surface area (Å²) in [4.78, 5) is 11.4. The maximum Gasteiger partial charge on any atom is 0.131 e. The zero-order valence-electron chi connectivity index (χ0n) is 12.1. The number of nitrogens with zero attached hydrogens (tertiary/aromatic N) is 3. The standard InChI is InChI=1S/C14H24N4O/c1-10(2)14-16-9-13(12(8-15)17-14)18-6-4-11(19-3)5-7-18/h9-11H,4-8,15H2,1-3H3. The maximum atomic E-state index is 5.84. The number of rotatable bonds is 4. The van der Waals surface area contributed by atoms with Gasteiger partial charge in [0.05, 0.1) is 23.7 Å². The lowest BCUT2D eigenvalue weighted by molar-refractivity contribution is 0.0818. The van der Waals surface area contributed by atoms with Crippen LogP contribution in [0.4, 0.5) is 5.69 Å². The van der Waals surface area contributed by atoms with Crippen LogP contribution in [-0.4, -0.2) is 36.3 Å². The van der Waals surface area contributed by atoms with Crippen LogP contribution in [-0.2, 0) is 11.3 Å². The molecular formula is C14H24N4O. The van der Waals surface area contributed by atoms with Crippen molar-refractivity contribution in [3.05, 3.63) is 17.7 Å². The van der Waals surface area contributed by atoms with Gasteiger partial charge in [0.25, 0.3) is 0 Å². The number of hydrogen-bond acceptors (Lipinski definition) is 5. The van der Waals surface area contributed by atoms with E-state index in [1.165, 1.54) is 0 Å². The van der Waals surface area contributed by atoms with Crippen molar-refractivity contribution in [2.45, 2.75) is 45.3 Å². The Balaban J connectivity index is 2.16. The molecule has 19 heavy (non-hydrogen) atoms. The van der Waals surface area contributed by atoms with Crippen LogP contribution in [0.15, 0.2) is 6.20 Å². The summed E-state index contributed by atoms with van der Waals surface area (Å²) >= 11 is 0. The number of methoxy groups -OCH3 is 1. The van der Waals surface area contributed by atoms with Gasteiger partial charge in [-0.3, -0.25) is 0 Å². The molecule has 1 aliphatic heterocycles. The van der Waals surface area contributed by atoms with E-state index in [-0.39, 0.29) is 0 Å². The number of ether oxygens (including phenoxy) is 1. The van der Waals surface area contributed by atoms with Gasteiger partial charge in [0.2, 0.25) is 0 Å². The summed E-state index contributed by atoms with van der Waals surface area (Å²) < 4.78 is 5.40. The van der Waals surface area contributed by atoms with Gasteiger partial charge < -0.3 is 15.4 Å². The van der Waals surface area contributed by atoms with Gasteiger partial charge in [-0.25, -0.2) is 9.97 Å². The monoisotopic (exact) mass is 264 g/mol.